The highest BCUT2D eigenvalue weighted by Gasteiger charge is 2.36. The highest BCUT2D eigenvalue weighted by Crippen LogP contribution is 2.34. The Balaban J connectivity index is 1.99. The summed E-state index contributed by atoms with van der Waals surface area (Å²) in [5.74, 6) is -1.05. The molecule has 23 heavy (non-hydrogen) atoms. The van der Waals surface area contributed by atoms with Gasteiger partial charge in [0.05, 0.1) is 12.7 Å². The van der Waals surface area contributed by atoms with Crippen molar-refractivity contribution in [1.82, 2.24) is 0 Å². The fourth-order valence-corrected chi connectivity index (χ4v) is 3.11. The molecule has 4 nitrogen and oxygen atoms in total. The number of benzene rings is 1. The lowest BCUT2D eigenvalue weighted by Gasteiger charge is -2.33. The summed E-state index contributed by atoms with van der Waals surface area (Å²) in [4.78, 5) is 10.9. The zero-order chi connectivity index (χ0) is 16.7. The summed E-state index contributed by atoms with van der Waals surface area (Å²) in [5.41, 5.74) is 1.19. The van der Waals surface area contributed by atoms with Crippen molar-refractivity contribution in [2.45, 2.75) is 64.3 Å². The third kappa shape index (κ3) is 5.96. The molecule has 0 aromatic heterocycles. The monoisotopic (exact) mass is 320 g/mol. The van der Waals surface area contributed by atoms with Crippen molar-refractivity contribution in [2.75, 3.05) is 6.61 Å². The SMILES string of the molecule is CC(=O)OCCC(C)C(Cc1ccccc1)OC1(O)CCCC1. The number of hydrogen-bond donors (Lipinski definition) is 1. The Morgan fingerprint density at radius 1 is 1.26 bits per heavy atom. The first-order chi connectivity index (χ1) is 11.0. The number of aliphatic hydroxyl groups is 1. The molecular weight excluding hydrogens is 292 g/mol. The molecule has 1 fully saturated rings. The Morgan fingerprint density at radius 2 is 1.91 bits per heavy atom. The average Bonchev–Trinajstić information content (AvgIpc) is 2.94. The number of hydrogen-bond acceptors (Lipinski definition) is 4. The van der Waals surface area contributed by atoms with Crippen LogP contribution in [-0.2, 0) is 20.7 Å². The third-order valence-corrected chi connectivity index (χ3v) is 4.55. The van der Waals surface area contributed by atoms with Crippen molar-refractivity contribution in [1.29, 1.82) is 0 Å². The van der Waals surface area contributed by atoms with Crippen LogP contribution in [0.25, 0.3) is 0 Å². The van der Waals surface area contributed by atoms with Gasteiger partial charge in [-0.15, -0.1) is 0 Å². The first kappa shape index (κ1) is 18.0. The normalized spacial score (nSPS) is 19.3. The zero-order valence-corrected chi connectivity index (χ0v) is 14.2. The second kappa shape index (κ2) is 8.46. The van der Waals surface area contributed by atoms with Crippen LogP contribution in [-0.4, -0.2) is 29.6 Å². The van der Waals surface area contributed by atoms with Crippen molar-refractivity contribution in [3.05, 3.63) is 35.9 Å². The molecule has 1 aliphatic rings. The molecule has 1 aliphatic carbocycles. The highest BCUT2D eigenvalue weighted by molar-refractivity contribution is 5.65. The number of rotatable bonds is 8. The lowest BCUT2D eigenvalue weighted by Crippen LogP contribution is -2.38. The molecular formula is C19H28O4. The molecule has 4 heteroatoms. The average molecular weight is 320 g/mol. The predicted molar refractivity (Wildman–Crippen MR) is 88.9 cm³/mol. The molecule has 0 heterocycles. The van der Waals surface area contributed by atoms with E-state index in [-0.39, 0.29) is 18.0 Å². The Bertz CT molecular complexity index is 479. The summed E-state index contributed by atoms with van der Waals surface area (Å²) in [6.45, 7) is 3.91. The first-order valence-electron chi connectivity index (χ1n) is 8.56. The van der Waals surface area contributed by atoms with Gasteiger partial charge in [-0.2, -0.15) is 0 Å². The van der Waals surface area contributed by atoms with E-state index in [2.05, 4.69) is 19.1 Å². The fraction of sp³-hybridized carbons (Fsp3) is 0.632. The van der Waals surface area contributed by atoms with Crippen LogP contribution in [0.5, 0.6) is 0 Å². The molecule has 0 bridgehead atoms. The van der Waals surface area contributed by atoms with Crippen LogP contribution in [0.15, 0.2) is 30.3 Å². The van der Waals surface area contributed by atoms with Gasteiger partial charge in [-0.3, -0.25) is 4.79 Å². The maximum Gasteiger partial charge on any atom is 0.302 e. The molecule has 0 aliphatic heterocycles. The van der Waals surface area contributed by atoms with Crippen LogP contribution in [0.4, 0.5) is 0 Å². The van der Waals surface area contributed by atoms with Gasteiger partial charge in [-0.25, -0.2) is 0 Å². The zero-order valence-electron chi connectivity index (χ0n) is 14.2. The van der Waals surface area contributed by atoms with Crippen LogP contribution in [0.1, 0.15) is 51.5 Å². The maximum absolute atomic E-state index is 10.9. The van der Waals surface area contributed by atoms with E-state index in [9.17, 15) is 9.90 Å². The molecule has 2 atom stereocenters. The molecule has 1 aromatic carbocycles. The van der Waals surface area contributed by atoms with Crippen molar-refractivity contribution in [3.63, 3.8) is 0 Å². The quantitative estimate of drug-likeness (QED) is 0.588. The summed E-state index contributed by atoms with van der Waals surface area (Å²) in [6.07, 6.45) is 4.82. The molecule has 2 unspecified atom stereocenters. The van der Waals surface area contributed by atoms with E-state index in [0.717, 1.165) is 25.7 Å². The van der Waals surface area contributed by atoms with Crippen LogP contribution in [0.3, 0.4) is 0 Å². The van der Waals surface area contributed by atoms with E-state index < -0.39 is 5.79 Å². The van der Waals surface area contributed by atoms with Crippen LogP contribution in [0.2, 0.25) is 0 Å². The fourth-order valence-electron chi connectivity index (χ4n) is 3.11. The summed E-state index contributed by atoms with van der Waals surface area (Å²) in [6, 6.07) is 10.2. The molecule has 2 rings (SSSR count). The highest BCUT2D eigenvalue weighted by atomic mass is 16.6. The molecule has 0 spiro atoms. The van der Waals surface area contributed by atoms with Gasteiger partial charge in [0.25, 0.3) is 0 Å². The van der Waals surface area contributed by atoms with E-state index in [0.29, 0.717) is 19.4 Å². The molecule has 0 amide bonds. The second-order valence-corrected chi connectivity index (χ2v) is 6.61. The summed E-state index contributed by atoms with van der Waals surface area (Å²) in [7, 11) is 0. The number of ether oxygens (including phenoxy) is 2. The molecule has 0 saturated heterocycles. The Morgan fingerprint density at radius 3 is 2.52 bits per heavy atom. The van der Waals surface area contributed by atoms with E-state index in [4.69, 9.17) is 9.47 Å². The van der Waals surface area contributed by atoms with Gasteiger partial charge in [0.2, 0.25) is 0 Å². The van der Waals surface area contributed by atoms with Gasteiger partial charge in [0.1, 0.15) is 0 Å². The molecule has 1 aromatic rings. The Labute approximate surface area is 138 Å². The summed E-state index contributed by atoms with van der Waals surface area (Å²) >= 11 is 0. The lowest BCUT2D eigenvalue weighted by atomic mass is 9.94. The second-order valence-electron chi connectivity index (χ2n) is 6.61. The smallest absolute Gasteiger partial charge is 0.302 e. The van der Waals surface area contributed by atoms with Crippen LogP contribution < -0.4 is 0 Å². The van der Waals surface area contributed by atoms with Gasteiger partial charge >= 0.3 is 5.97 Å². The van der Waals surface area contributed by atoms with Gasteiger partial charge in [0, 0.05) is 19.8 Å². The summed E-state index contributed by atoms with van der Waals surface area (Å²) in [5, 5.41) is 10.6. The number of carbonyl (C=O) groups is 1. The standard InChI is InChI=1S/C19H28O4/c1-15(10-13-22-16(2)20)18(14-17-8-4-3-5-9-17)23-19(21)11-6-7-12-19/h3-5,8-9,15,18,21H,6-7,10-14H2,1-2H3. The third-order valence-electron chi connectivity index (χ3n) is 4.55. The minimum atomic E-state index is -0.991. The van der Waals surface area contributed by atoms with E-state index in [1.54, 1.807) is 0 Å². The van der Waals surface area contributed by atoms with Crippen molar-refractivity contribution in [3.8, 4) is 0 Å². The van der Waals surface area contributed by atoms with E-state index in [1.807, 2.05) is 18.2 Å². The van der Waals surface area contributed by atoms with Gasteiger partial charge in [-0.1, -0.05) is 37.3 Å². The van der Waals surface area contributed by atoms with Crippen LogP contribution in [0, 0.1) is 5.92 Å². The Hall–Kier alpha value is -1.39. The van der Waals surface area contributed by atoms with Gasteiger partial charge in [-0.05, 0) is 37.2 Å². The molecule has 1 saturated carbocycles. The molecule has 128 valence electrons. The minimum absolute atomic E-state index is 0.0870. The van der Waals surface area contributed by atoms with Crippen molar-refractivity contribution >= 4 is 5.97 Å². The largest absolute Gasteiger partial charge is 0.466 e. The van der Waals surface area contributed by atoms with Gasteiger partial charge < -0.3 is 14.6 Å². The number of esters is 1. The van der Waals surface area contributed by atoms with E-state index >= 15 is 0 Å². The van der Waals surface area contributed by atoms with E-state index in [1.165, 1.54) is 12.5 Å². The van der Waals surface area contributed by atoms with Crippen molar-refractivity contribution in [2.24, 2.45) is 5.92 Å². The first-order valence-corrected chi connectivity index (χ1v) is 8.56. The van der Waals surface area contributed by atoms with Crippen LogP contribution >= 0.6 is 0 Å². The van der Waals surface area contributed by atoms with Crippen molar-refractivity contribution < 1.29 is 19.4 Å². The topological polar surface area (TPSA) is 55.8 Å². The Kier molecular flexibility index (Phi) is 6.60. The summed E-state index contributed by atoms with van der Waals surface area (Å²) < 4.78 is 11.2. The minimum Gasteiger partial charge on any atom is -0.466 e. The maximum atomic E-state index is 10.9. The molecule has 1 N–H and O–H groups in total. The lowest BCUT2D eigenvalue weighted by molar-refractivity contribution is -0.234. The van der Waals surface area contributed by atoms with Gasteiger partial charge in [0.15, 0.2) is 5.79 Å². The molecule has 0 radical (unpaired) electrons. The number of carbonyl (C=O) groups excluding carboxylic acids is 1. The predicted octanol–water partition coefficient (Wildman–Crippen LogP) is 3.47.